The maximum atomic E-state index is 12.6. The van der Waals surface area contributed by atoms with E-state index in [9.17, 15) is 14.7 Å². The van der Waals surface area contributed by atoms with E-state index in [-0.39, 0.29) is 23.2 Å². The van der Waals surface area contributed by atoms with Crippen molar-refractivity contribution < 1.29 is 23.8 Å². The third-order valence-electron chi connectivity index (χ3n) is 3.37. The molecule has 1 amide bonds. The average Bonchev–Trinajstić information content (AvgIpc) is 3.18. The van der Waals surface area contributed by atoms with E-state index in [4.69, 9.17) is 33.0 Å². The molecule has 2 aromatic rings. The maximum Gasteiger partial charge on any atom is 0.266 e. The molecule has 1 aromatic heterocycles. The number of amides is 1. The van der Waals surface area contributed by atoms with Crippen LogP contribution >= 0.6 is 35.6 Å². The first kappa shape index (κ1) is 18.5. The lowest BCUT2D eigenvalue weighted by Crippen LogP contribution is -2.28. The lowest BCUT2D eigenvalue weighted by molar-refractivity contribution is -0.307. The van der Waals surface area contributed by atoms with E-state index in [0.717, 1.165) is 0 Å². The highest BCUT2D eigenvalue weighted by atomic mass is 35.5. The number of carboxylic acid groups (broad SMARTS) is 1. The lowest BCUT2D eigenvalue weighted by atomic mass is 10.2. The number of furan rings is 1. The first-order chi connectivity index (χ1) is 12.4. The van der Waals surface area contributed by atoms with Gasteiger partial charge in [0.15, 0.2) is 0 Å². The monoisotopic (exact) mass is 408 g/mol. The van der Waals surface area contributed by atoms with Crippen LogP contribution in [-0.2, 0) is 16.1 Å². The van der Waals surface area contributed by atoms with Gasteiger partial charge in [-0.15, -0.1) is 0 Å². The lowest BCUT2D eigenvalue weighted by Gasteiger charge is -2.12. The minimum absolute atomic E-state index is 0.218. The van der Waals surface area contributed by atoms with Crippen LogP contribution in [0.15, 0.2) is 45.9 Å². The molecule has 1 aliphatic rings. The standard InChI is InChI=1S/C17H12ClNO5S2/c18-12-6-10(3-4-13(12)24-9-15(20)21)7-14-16(22)19(17(25)26-14)8-11-2-1-5-23-11/h1-7H,8-9H2,(H,20,21)/p-1/b14-7-. The van der Waals surface area contributed by atoms with E-state index in [2.05, 4.69) is 0 Å². The molecule has 3 rings (SSSR count). The zero-order valence-corrected chi connectivity index (χ0v) is 15.5. The van der Waals surface area contributed by atoms with Gasteiger partial charge in [0.1, 0.15) is 22.4 Å². The van der Waals surface area contributed by atoms with Crippen molar-refractivity contribution in [1.82, 2.24) is 4.90 Å². The van der Waals surface area contributed by atoms with Crippen LogP contribution in [0.25, 0.3) is 6.08 Å². The fourth-order valence-electron chi connectivity index (χ4n) is 2.21. The number of carbonyl (C=O) groups excluding carboxylic acids is 2. The van der Waals surface area contributed by atoms with Gasteiger partial charge in [0.2, 0.25) is 0 Å². The molecular formula is C17H11ClNO5S2-. The van der Waals surface area contributed by atoms with Gasteiger partial charge in [0.25, 0.3) is 5.91 Å². The van der Waals surface area contributed by atoms with Crippen LogP contribution in [0, 0.1) is 0 Å². The van der Waals surface area contributed by atoms with Crippen molar-refractivity contribution in [2.45, 2.75) is 6.54 Å². The fourth-order valence-corrected chi connectivity index (χ4v) is 3.71. The Kier molecular flexibility index (Phi) is 5.65. The molecular weight excluding hydrogens is 398 g/mol. The molecule has 26 heavy (non-hydrogen) atoms. The molecule has 1 aliphatic heterocycles. The molecule has 134 valence electrons. The van der Waals surface area contributed by atoms with Gasteiger partial charge in [0, 0.05) is 0 Å². The van der Waals surface area contributed by atoms with Gasteiger partial charge in [0.05, 0.1) is 28.7 Å². The van der Waals surface area contributed by atoms with Gasteiger partial charge in [-0.3, -0.25) is 9.69 Å². The molecule has 0 atom stereocenters. The van der Waals surface area contributed by atoms with E-state index in [1.54, 1.807) is 30.3 Å². The second kappa shape index (κ2) is 7.94. The van der Waals surface area contributed by atoms with Gasteiger partial charge >= 0.3 is 0 Å². The fraction of sp³-hybridized carbons (Fsp3) is 0.118. The average molecular weight is 409 g/mol. The van der Waals surface area contributed by atoms with Crippen molar-refractivity contribution in [2.75, 3.05) is 6.61 Å². The summed E-state index contributed by atoms with van der Waals surface area (Å²) in [4.78, 5) is 24.9. The molecule has 2 heterocycles. The van der Waals surface area contributed by atoms with Crippen LogP contribution in [0.4, 0.5) is 0 Å². The maximum absolute atomic E-state index is 12.6. The molecule has 6 nitrogen and oxygen atoms in total. The van der Waals surface area contributed by atoms with Gasteiger partial charge in [-0.2, -0.15) is 0 Å². The van der Waals surface area contributed by atoms with Gasteiger partial charge < -0.3 is 19.1 Å². The smallest absolute Gasteiger partial charge is 0.266 e. The molecule has 1 saturated heterocycles. The van der Waals surface area contributed by atoms with Gasteiger partial charge in [-0.25, -0.2) is 0 Å². The number of rotatable bonds is 6. The predicted molar refractivity (Wildman–Crippen MR) is 99.4 cm³/mol. The summed E-state index contributed by atoms with van der Waals surface area (Å²) < 4.78 is 10.7. The van der Waals surface area contributed by atoms with Crippen molar-refractivity contribution >= 4 is 57.9 Å². The number of carbonyl (C=O) groups is 2. The zero-order valence-electron chi connectivity index (χ0n) is 13.1. The molecule has 0 N–H and O–H groups in total. The first-order valence-corrected chi connectivity index (χ1v) is 8.94. The molecule has 0 aliphatic carbocycles. The molecule has 1 fully saturated rings. The Labute approximate surface area is 163 Å². The highest BCUT2D eigenvalue weighted by molar-refractivity contribution is 8.26. The number of thiocarbonyl (C=S) groups is 1. The summed E-state index contributed by atoms with van der Waals surface area (Å²) in [5.74, 6) is -0.700. The Morgan fingerprint density at radius 1 is 1.42 bits per heavy atom. The first-order valence-electron chi connectivity index (χ1n) is 7.34. The highest BCUT2D eigenvalue weighted by Crippen LogP contribution is 2.34. The number of aliphatic carboxylic acids is 1. The van der Waals surface area contributed by atoms with Crippen molar-refractivity contribution in [3.63, 3.8) is 0 Å². The van der Waals surface area contributed by atoms with E-state index in [1.807, 2.05) is 0 Å². The Hall–Kier alpha value is -2.29. The third-order valence-corrected chi connectivity index (χ3v) is 5.04. The largest absolute Gasteiger partial charge is 0.546 e. The second-order valence-corrected chi connectivity index (χ2v) is 7.28. The SMILES string of the molecule is O=C([O-])COc1ccc(/C=C2\SC(=S)N(Cc3ccco3)C2=O)cc1Cl. The van der Waals surface area contributed by atoms with Crippen LogP contribution < -0.4 is 9.84 Å². The molecule has 1 aromatic carbocycles. The molecule has 9 heteroatoms. The van der Waals surface area contributed by atoms with E-state index in [1.165, 1.54) is 29.0 Å². The number of carboxylic acids is 1. The topological polar surface area (TPSA) is 82.8 Å². The molecule has 0 unspecified atom stereocenters. The van der Waals surface area contributed by atoms with E-state index in [0.29, 0.717) is 20.5 Å². The number of halogens is 1. The Bertz CT molecular complexity index is 895. The van der Waals surface area contributed by atoms with Crippen molar-refractivity contribution in [3.05, 3.63) is 57.8 Å². The highest BCUT2D eigenvalue weighted by Gasteiger charge is 2.32. The number of benzene rings is 1. The quantitative estimate of drug-likeness (QED) is 0.536. The molecule has 0 spiro atoms. The minimum atomic E-state index is -1.34. The summed E-state index contributed by atoms with van der Waals surface area (Å²) in [5.41, 5.74) is 0.661. The summed E-state index contributed by atoms with van der Waals surface area (Å²) in [6.07, 6.45) is 3.20. The van der Waals surface area contributed by atoms with Crippen molar-refractivity contribution in [3.8, 4) is 5.75 Å². The number of hydrogen-bond acceptors (Lipinski definition) is 7. The number of thioether (sulfide) groups is 1. The van der Waals surface area contributed by atoms with Crippen LogP contribution in [0.3, 0.4) is 0 Å². The second-order valence-electron chi connectivity index (χ2n) is 5.20. The van der Waals surface area contributed by atoms with Crippen LogP contribution in [0.5, 0.6) is 5.75 Å². The Morgan fingerprint density at radius 3 is 2.88 bits per heavy atom. The molecule has 0 radical (unpaired) electrons. The minimum Gasteiger partial charge on any atom is -0.546 e. The van der Waals surface area contributed by atoms with E-state index < -0.39 is 12.6 Å². The summed E-state index contributed by atoms with van der Waals surface area (Å²) >= 11 is 12.5. The predicted octanol–water partition coefficient (Wildman–Crippen LogP) is 2.46. The number of hydrogen-bond donors (Lipinski definition) is 0. The number of nitrogens with zero attached hydrogens (tertiary/aromatic N) is 1. The Morgan fingerprint density at radius 2 is 2.23 bits per heavy atom. The molecule has 0 saturated carbocycles. The van der Waals surface area contributed by atoms with Crippen LogP contribution in [-0.4, -0.2) is 27.7 Å². The summed E-state index contributed by atoms with van der Waals surface area (Å²) in [5, 5.41) is 10.7. The van der Waals surface area contributed by atoms with Crippen LogP contribution in [0.2, 0.25) is 5.02 Å². The zero-order chi connectivity index (χ0) is 18.7. The number of ether oxygens (including phenoxy) is 1. The van der Waals surface area contributed by atoms with Crippen molar-refractivity contribution in [1.29, 1.82) is 0 Å². The summed E-state index contributed by atoms with van der Waals surface area (Å²) in [7, 11) is 0. The third kappa shape index (κ3) is 4.27. The van der Waals surface area contributed by atoms with Gasteiger partial charge in [-0.1, -0.05) is 41.6 Å². The summed E-state index contributed by atoms with van der Waals surface area (Å²) in [6, 6.07) is 8.28. The Balaban J connectivity index is 1.75. The van der Waals surface area contributed by atoms with E-state index >= 15 is 0 Å². The van der Waals surface area contributed by atoms with Gasteiger partial charge in [-0.05, 0) is 35.9 Å². The molecule has 0 bridgehead atoms. The normalized spacial score (nSPS) is 15.7. The van der Waals surface area contributed by atoms with Crippen LogP contribution in [0.1, 0.15) is 11.3 Å². The summed E-state index contributed by atoms with van der Waals surface area (Å²) in [6.45, 7) is -0.323. The van der Waals surface area contributed by atoms with Crippen molar-refractivity contribution in [2.24, 2.45) is 0 Å².